The zero-order valence-corrected chi connectivity index (χ0v) is 11.8. The van der Waals surface area contributed by atoms with Crippen molar-refractivity contribution in [3.63, 3.8) is 0 Å². The highest BCUT2D eigenvalue weighted by atomic mass is 35.5. The van der Waals surface area contributed by atoms with Gasteiger partial charge in [0.05, 0.1) is 12.7 Å². The number of aromatic nitrogens is 2. The zero-order chi connectivity index (χ0) is 15.2. The quantitative estimate of drug-likeness (QED) is 0.752. The molecule has 1 heterocycles. The molecule has 2 aromatic rings. The van der Waals surface area contributed by atoms with E-state index in [0.29, 0.717) is 10.7 Å². The third-order valence-corrected chi connectivity index (χ3v) is 3.10. The maximum Gasteiger partial charge on any atom is 0.326 e. The normalized spacial score (nSPS) is 11.9. The number of nitrogens with zero attached hydrogens (tertiary/aromatic N) is 1. The monoisotopic (exact) mass is 307 g/mol. The van der Waals surface area contributed by atoms with Gasteiger partial charge in [-0.2, -0.15) is 0 Å². The van der Waals surface area contributed by atoms with Crippen LogP contribution in [0.2, 0.25) is 5.02 Å². The van der Waals surface area contributed by atoms with Crippen molar-refractivity contribution in [3.05, 3.63) is 53.1 Å². The minimum absolute atomic E-state index is 0.0767. The molecule has 0 aliphatic heterocycles. The molecule has 7 heteroatoms. The fraction of sp³-hybridized carbons (Fsp3) is 0.214. The smallest absolute Gasteiger partial charge is 0.326 e. The molecule has 0 unspecified atom stereocenters. The van der Waals surface area contributed by atoms with Crippen molar-refractivity contribution in [2.24, 2.45) is 0 Å². The van der Waals surface area contributed by atoms with E-state index in [9.17, 15) is 9.59 Å². The van der Waals surface area contributed by atoms with Crippen molar-refractivity contribution >= 4 is 23.5 Å². The van der Waals surface area contributed by atoms with E-state index in [2.05, 4.69) is 15.3 Å². The lowest BCUT2D eigenvalue weighted by Crippen LogP contribution is -2.43. The number of carboxylic acids is 1. The third-order valence-electron chi connectivity index (χ3n) is 2.87. The summed E-state index contributed by atoms with van der Waals surface area (Å²) in [5, 5.41) is 12.2. The Morgan fingerprint density at radius 2 is 2.24 bits per heavy atom. The number of carbonyl (C=O) groups is 2. The number of hydrogen-bond acceptors (Lipinski definition) is 3. The lowest BCUT2D eigenvalue weighted by molar-refractivity contribution is -0.141. The number of hydrogen-bond donors (Lipinski definition) is 3. The molecule has 1 amide bonds. The fourth-order valence-corrected chi connectivity index (χ4v) is 2.11. The Morgan fingerprint density at radius 3 is 2.86 bits per heavy atom. The number of aliphatic carboxylic acids is 1. The van der Waals surface area contributed by atoms with Gasteiger partial charge in [0.2, 0.25) is 5.91 Å². The van der Waals surface area contributed by atoms with Crippen molar-refractivity contribution < 1.29 is 14.7 Å². The Hall–Kier alpha value is -2.34. The van der Waals surface area contributed by atoms with Crippen molar-refractivity contribution in [2.75, 3.05) is 0 Å². The van der Waals surface area contributed by atoms with E-state index in [-0.39, 0.29) is 18.7 Å². The summed E-state index contributed by atoms with van der Waals surface area (Å²) in [6, 6.07) is 5.88. The van der Waals surface area contributed by atoms with Crippen molar-refractivity contribution in [1.29, 1.82) is 0 Å². The number of benzene rings is 1. The van der Waals surface area contributed by atoms with E-state index >= 15 is 0 Å². The Balaban J connectivity index is 1.96. The molecular formula is C14H14ClN3O3. The highest BCUT2D eigenvalue weighted by molar-refractivity contribution is 6.30. The average molecular weight is 308 g/mol. The van der Waals surface area contributed by atoms with Gasteiger partial charge in [0, 0.05) is 23.3 Å². The van der Waals surface area contributed by atoms with Crippen LogP contribution in [0.5, 0.6) is 0 Å². The van der Waals surface area contributed by atoms with E-state index in [0.717, 1.165) is 5.56 Å². The summed E-state index contributed by atoms with van der Waals surface area (Å²) in [4.78, 5) is 29.7. The molecule has 1 aromatic carbocycles. The first-order chi connectivity index (χ1) is 10.0. The molecule has 110 valence electrons. The summed E-state index contributed by atoms with van der Waals surface area (Å²) in [5.74, 6) is -1.46. The van der Waals surface area contributed by atoms with Crippen LogP contribution in [-0.4, -0.2) is 33.0 Å². The maximum absolute atomic E-state index is 11.9. The molecule has 0 radical (unpaired) electrons. The standard InChI is InChI=1S/C14H14ClN3O3/c15-10-3-1-2-9(4-10)5-13(19)18-12(14(20)21)6-11-7-16-8-17-11/h1-4,7-8,12H,5-6H2,(H,16,17)(H,18,19)(H,20,21)/t12-/m1/s1. The summed E-state index contributed by atoms with van der Waals surface area (Å²) >= 11 is 5.84. The minimum atomic E-state index is -1.09. The van der Waals surface area contributed by atoms with Crippen LogP contribution in [0.4, 0.5) is 0 Å². The molecule has 0 fully saturated rings. The molecule has 0 saturated heterocycles. The van der Waals surface area contributed by atoms with Gasteiger partial charge in [-0.05, 0) is 17.7 Å². The number of carboxylic acid groups (broad SMARTS) is 1. The van der Waals surface area contributed by atoms with Gasteiger partial charge in [0.15, 0.2) is 0 Å². The van der Waals surface area contributed by atoms with Gasteiger partial charge < -0.3 is 15.4 Å². The number of H-pyrrole nitrogens is 1. The largest absolute Gasteiger partial charge is 0.480 e. The first-order valence-electron chi connectivity index (χ1n) is 6.28. The average Bonchev–Trinajstić information content (AvgIpc) is 2.90. The number of imidazole rings is 1. The lowest BCUT2D eigenvalue weighted by atomic mass is 10.1. The van der Waals surface area contributed by atoms with E-state index in [1.165, 1.54) is 12.5 Å². The van der Waals surface area contributed by atoms with Crippen molar-refractivity contribution in [2.45, 2.75) is 18.9 Å². The predicted molar refractivity (Wildman–Crippen MR) is 77.0 cm³/mol. The molecule has 1 aromatic heterocycles. The first kappa shape index (κ1) is 15.1. The Kier molecular flexibility index (Phi) is 4.94. The Labute approximate surface area is 126 Å². The maximum atomic E-state index is 11.9. The molecule has 0 spiro atoms. The molecule has 1 atom stereocenters. The molecule has 2 rings (SSSR count). The highest BCUT2D eigenvalue weighted by Gasteiger charge is 2.21. The molecule has 0 aliphatic carbocycles. The van der Waals surface area contributed by atoms with E-state index < -0.39 is 12.0 Å². The second-order valence-corrected chi connectivity index (χ2v) is 4.98. The summed E-state index contributed by atoms with van der Waals surface area (Å²) in [7, 11) is 0. The van der Waals surface area contributed by atoms with Crippen LogP contribution in [0.25, 0.3) is 0 Å². The van der Waals surface area contributed by atoms with Gasteiger partial charge >= 0.3 is 5.97 Å². The Bertz CT molecular complexity index is 628. The van der Waals surface area contributed by atoms with Crippen LogP contribution >= 0.6 is 11.6 Å². The van der Waals surface area contributed by atoms with E-state index in [1.807, 2.05) is 0 Å². The molecule has 21 heavy (non-hydrogen) atoms. The number of nitrogens with one attached hydrogen (secondary N) is 2. The van der Waals surface area contributed by atoms with Crippen molar-refractivity contribution in [3.8, 4) is 0 Å². The van der Waals surface area contributed by atoms with Crippen LogP contribution in [0.1, 0.15) is 11.3 Å². The van der Waals surface area contributed by atoms with E-state index in [4.69, 9.17) is 16.7 Å². The topological polar surface area (TPSA) is 95.1 Å². The number of carbonyl (C=O) groups excluding carboxylic acids is 1. The second-order valence-electron chi connectivity index (χ2n) is 4.55. The van der Waals surface area contributed by atoms with Gasteiger partial charge in [0.1, 0.15) is 6.04 Å². The molecule has 0 bridgehead atoms. The minimum Gasteiger partial charge on any atom is -0.480 e. The summed E-state index contributed by atoms with van der Waals surface area (Å²) in [6.07, 6.45) is 3.21. The van der Waals surface area contributed by atoms with Crippen LogP contribution in [-0.2, 0) is 22.4 Å². The van der Waals surface area contributed by atoms with Crippen LogP contribution in [0.15, 0.2) is 36.8 Å². The second kappa shape index (κ2) is 6.90. The summed E-state index contributed by atoms with van der Waals surface area (Å²) < 4.78 is 0. The molecular weight excluding hydrogens is 294 g/mol. The number of rotatable bonds is 6. The SMILES string of the molecule is O=C(Cc1cccc(Cl)c1)N[C@H](Cc1cnc[nH]1)C(=O)O. The van der Waals surface area contributed by atoms with Gasteiger partial charge in [0.25, 0.3) is 0 Å². The van der Waals surface area contributed by atoms with Crippen LogP contribution in [0.3, 0.4) is 0 Å². The summed E-state index contributed by atoms with van der Waals surface area (Å²) in [5.41, 5.74) is 1.37. The van der Waals surface area contributed by atoms with Gasteiger partial charge in [-0.1, -0.05) is 23.7 Å². The van der Waals surface area contributed by atoms with Crippen molar-refractivity contribution in [1.82, 2.24) is 15.3 Å². The predicted octanol–water partition coefficient (Wildman–Crippen LogP) is 1.42. The third kappa shape index (κ3) is 4.61. The molecule has 0 saturated carbocycles. The summed E-state index contributed by atoms with van der Waals surface area (Å²) in [6.45, 7) is 0. The lowest BCUT2D eigenvalue weighted by Gasteiger charge is -2.13. The van der Waals surface area contributed by atoms with Gasteiger partial charge in [-0.3, -0.25) is 4.79 Å². The first-order valence-corrected chi connectivity index (χ1v) is 6.66. The van der Waals surface area contributed by atoms with E-state index in [1.54, 1.807) is 24.3 Å². The number of amides is 1. The molecule has 3 N–H and O–H groups in total. The molecule has 0 aliphatic rings. The number of aromatic amines is 1. The molecule has 6 nitrogen and oxygen atoms in total. The van der Waals surface area contributed by atoms with Gasteiger partial charge in [-0.25, -0.2) is 9.78 Å². The van der Waals surface area contributed by atoms with Gasteiger partial charge in [-0.15, -0.1) is 0 Å². The Morgan fingerprint density at radius 1 is 1.43 bits per heavy atom. The highest BCUT2D eigenvalue weighted by Crippen LogP contribution is 2.11. The van der Waals surface area contributed by atoms with Crippen LogP contribution in [0, 0.1) is 0 Å². The van der Waals surface area contributed by atoms with Crippen LogP contribution < -0.4 is 5.32 Å². The fourth-order valence-electron chi connectivity index (χ4n) is 1.89. The zero-order valence-electron chi connectivity index (χ0n) is 11.0. The number of halogens is 1.